The van der Waals surface area contributed by atoms with E-state index in [1.807, 2.05) is 30.3 Å². The molecule has 1 aromatic carbocycles. The van der Waals surface area contributed by atoms with Crippen molar-refractivity contribution in [2.45, 2.75) is 19.3 Å². The van der Waals surface area contributed by atoms with Gasteiger partial charge in [0.15, 0.2) is 0 Å². The molecule has 0 heterocycles. The van der Waals surface area contributed by atoms with E-state index in [0.717, 1.165) is 11.3 Å². The maximum absolute atomic E-state index is 11.9. The zero-order valence-electron chi connectivity index (χ0n) is 17.4. The predicted octanol–water partition coefficient (Wildman–Crippen LogP) is 3.60. The summed E-state index contributed by atoms with van der Waals surface area (Å²) in [5.41, 5.74) is 0.868. The molecule has 162 valence electrons. The highest BCUT2D eigenvalue weighted by Crippen LogP contribution is 2.50. The largest absolute Gasteiger partial charge is 0.467 e. The van der Waals surface area contributed by atoms with Crippen molar-refractivity contribution in [3.05, 3.63) is 35.9 Å². The molecule has 0 saturated heterocycles. The Morgan fingerprint density at radius 2 is 1.75 bits per heavy atom. The monoisotopic (exact) mass is 437 g/mol. The molecule has 1 rings (SSSR count). The number of nitrogens with one attached hydrogen (secondary N) is 1. The number of carbonyl (C=O) groups is 2. The van der Waals surface area contributed by atoms with E-state index in [9.17, 15) is 14.2 Å². The van der Waals surface area contributed by atoms with Gasteiger partial charge in [0.1, 0.15) is 12.4 Å². The van der Waals surface area contributed by atoms with Crippen LogP contribution >= 0.6 is 17.6 Å². The summed E-state index contributed by atoms with van der Waals surface area (Å²) in [7, 11) is -1.29. The molecule has 1 aromatic rings. The van der Waals surface area contributed by atoms with E-state index < -0.39 is 29.5 Å². The Bertz CT molecular complexity index is 614. The Hall–Kier alpha value is -1.54. The third kappa shape index (κ3) is 12.0. The molecule has 1 unspecified atom stereocenters. The number of ether oxygens (including phenoxy) is 2. The lowest BCUT2D eigenvalue weighted by Crippen LogP contribution is -2.33. The summed E-state index contributed by atoms with van der Waals surface area (Å²) in [6.07, 6.45) is 5.91. The molecule has 8 nitrogen and oxygen atoms in total. The predicted molar refractivity (Wildman–Crippen MR) is 113 cm³/mol. The molecule has 0 fully saturated rings. The minimum atomic E-state index is -3.33. The Kier molecular flexibility index (Phi) is 12.9. The summed E-state index contributed by atoms with van der Waals surface area (Å²) in [5, 5.41) is 2.42. The van der Waals surface area contributed by atoms with E-state index in [1.54, 1.807) is 0 Å². The second kappa shape index (κ2) is 13.6. The fourth-order valence-corrected chi connectivity index (χ4v) is 3.39. The summed E-state index contributed by atoms with van der Waals surface area (Å²) in [5.74, 6) is 0.219. The Balaban J connectivity index is 0.000000684. The highest BCUT2D eigenvalue weighted by Gasteiger charge is 2.31. The Labute approximate surface area is 169 Å². The van der Waals surface area contributed by atoms with Crippen LogP contribution in [0.3, 0.4) is 0 Å². The van der Waals surface area contributed by atoms with Gasteiger partial charge < -0.3 is 23.8 Å². The van der Waals surface area contributed by atoms with Gasteiger partial charge in [-0.25, -0.2) is 14.8 Å². The molecule has 0 bridgehead atoms. The molecule has 1 N–H and O–H groups in total. The molecule has 0 aliphatic heterocycles. The van der Waals surface area contributed by atoms with Crippen LogP contribution in [0.4, 0.5) is 4.79 Å². The number of hydrogen-bond donors (Lipinski definition) is 1. The van der Waals surface area contributed by atoms with Crippen LogP contribution in [0, 0.1) is 0 Å². The van der Waals surface area contributed by atoms with Crippen LogP contribution in [0.1, 0.15) is 12.5 Å². The molecule has 28 heavy (non-hydrogen) atoms. The molecule has 10 heteroatoms. The Morgan fingerprint density at radius 3 is 2.21 bits per heavy atom. The summed E-state index contributed by atoms with van der Waals surface area (Å²) in [4.78, 5) is 21.2. The summed E-state index contributed by atoms with van der Waals surface area (Å²) in [6.45, 7) is 2.74. The number of amides is 1. The lowest BCUT2D eigenvalue weighted by Gasteiger charge is -2.23. The van der Waals surface area contributed by atoms with E-state index in [2.05, 4.69) is 28.8 Å². The smallest absolute Gasteiger partial charge is 0.408 e. The first-order valence-corrected chi connectivity index (χ1v) is 13.1. The van der Waals surface area contributed by atoms with Crippen molar-refractivity contribution in [3.8, 4) is 0 Å². The van der Waals surface area contributed by atoms with Gasteiger partial charge in [-0.1, -0.05) is 30.3 Å². The molecule has 0 aliphatic rings. The quantitative estimate of drug-likeness (QED) is 0.339. The first kappa shape index (κ1) is 26.5. The zero-order valence-corrected chi connectivity index (χ0v) is 19.1. The van der Waals surface area contributed by atoms with Gasteiger partial charge in [0, 0.05) is 20.0 Å². The number of carbonyl (C=O) groups excluding carboxylic acids is 2. The van der Waals surface area contributed by atoms with Gasteiger partial charge in [0.2, 0.25) is 0 Å². The van der Waals surface area contributed by atoms with Gasteiger partial charge in [-0.15, -0.1) is 0 Å². The number of alkyl carbamates (subject to hydrolysis) is 1. The first-order valence-electron chi connectivity index (χ1n) is 8.47. The van der Waals surface area contributed by atoms with Gasteiger partial charge in [-0.3, -0.25) is 9.36 Å². The van der Waals surface area contributed by atoms with Crippen molar-refractivity contribution < 1.29 is 32.7 Å². The van der Waals surface area contributed by atoms with E-state index in [0.29, 0.717) is 13.1 Å². The molecule has 0 radical (unpaired) electrons. The minimum absolute atomic E-state index is 0.143. The van der Waals surface area contributed by atoms with Gasteiger partial charge in [-0.05, 0) is 31.3 Å². The van der Waals surface area contributed by atoms with Gasteiger partial charge in [0.25, 0.3) is 6.47 Å². The third-order valence-electron chi connectivity index (χ3n) is 3.40. The summed E-state index contributed by atoms with van der Waals surface area (Å²) >= 11 is 0. The molecular formula is C18H32NO7PS. The first-order chi connectivity index (χ1) is 13.1. The van der Waals surface area contributed by atoms with Crippen LogP contribution in [0.2, 0.25) is 0 Å². The second-order valence-corrected chi connectivity index (χ2v) is 13.7. The van der Waals surface area contributed by atoms with Crippen molar-refractivity contribution in [3.63, 3.8) is 0 Å². The molecule has 0 aliphatic carbocycles. The molecular weight excluding hydrogens is 405 g/mol. The van der Waals surface area contributed by atoms with E-state index in [-0.39, 0.29) is 6.61 Å². The topological polar surface area (TPSA) is 100 Å². The zero-order chi connectivity index (χ0) is 21.6. The van der Waals surface area contributed by atoms with Crippen LogP contribution in [-0.4, -0.2) is 63.7 Å². The number of hydrogen-bond acceptors (Lipinski definition) is 7. The maximum atomic E-state index is 11.9. The molecule has 1 atom stereocenters. The Morgan fingerprint density at radius 1 is 1.18 bits per heavy atom. The molecule has 1 amide bonds. The van der Waals surface area contributed by atoms with Crippen LogP contribution < -0.4 is 5.32 Å². The summed E-state index contributed by atoms with van der Waals surface area (Å²) in [6, 6.07) is 9.25. The SMILES string of the molecule is COP(=O)(OC)C(C)NC(=O)OCc1ccccc1.CS(C)(C)CCOC=O. The highest BCUT2D eigenvalue weighted by molar-refractivity contribution is 8.32. The normalized spacial score (nSPS) is 12.8. The average Bonchev–Trinajstić information content (AvgIpc) is 2.66. The lowest BCUT2D eigenvalue weighted by atomic mass is 10.2. The van der Waals surface area contributed by atoms with Gasteiger partial charge in [0.05, 0.1) is 6.61 Å². The van der Waals surface area contributed by atoms with Crippen LogP contribution in [0.5, 0.6) is 0 Å². The van der Waals surface area contributed by atoms with Gasteiger partial charge >= 0.3 is 13.7 Å². The summed E-state index contributed by atoms with van der Waals surface area (Å²) < 4.78 is 31.0. The lowest BCUT2D eigenvalue weighted by molar-refractivity contribution is -0.128. The van der Waals surface area contributed by atoms with E-state index >= 15 is 0 Å². The van der Waals surface area contributed by atoms with Crippen molar-refractivity contribution in [1.29, 1.82) is 0 Å². The molecule has 0 aromatic heterocycles. The van der Waals surface area contributed by atoms with Crippen LogP contribution in [-0.2, 0) is 34.5 Å². The van der Waals surface area contributed by atoms with Crippen molar-refractivity contribution in [1.82, 2.24) is 5.32 Å². The number of rotatable bonds is 10. The highest BCUT2D eigenvalue weighted by atomic mass is 32.3. The average molecular weight is 437 g/mol. The van der Waals surface area contributed by atoms with Crippen molar-refractivity contribution in [2.75, 3.05) is 45.3 Å². The van der Waals surface area contributed by atoms with E-state index in [4.69, 9.17) is 13.8 Å². The standard InChI is InChI=1S/C12H18NO5P.C6H14O2S/c1-10(19(15,16-2)17-3)13-12(14)18-9-11-7-5-4-6-8-11;1-9(2,3)5-4-8-6-7/h4-8,10H,9H2,1-3H3,(H,13,14);6H,4-5H2,1-3H3. The van der Waals surface area contributed by atoms with Crippen LogP contribution in [0.15, 0.2) is 30.3 Å². The molecule has 0 saturated carbocycles. The van der Waals surface area contributed by atoms with Crippen molar-refractivity contribution in [2.24, 2.45) is 0 Å². The molecule has 0 spiro atoms. The fourth-order valence-electron chi connectivity index (χ4n) is 1.75. The van der Waals surface area contributed by atoms with Crippen LogP contribution in [0.25, 0.3) is 0 Å². The fraction of sp³-hybridized carbons (Fsp3) is 0.556. The minimum Gasteiger partial charge on any atom is -0.467 e. The third-order valence-corrected chi connectivity index (χ3v) is 6.89. The van der Waals surface area contributed by atoms with E-state index in [1.165, 1.54) is 21.1 Å². The van der Waals surface area contributed by atoms with Crippen molar-refractivity contribution >= 4 is 30.2 Å². The number of benzene rings is 1. The maximum Gasteiger partial charge on any atom is 0.408 e. The second-order valence-electron chi connectivity index (χ2n) is 6.55. The van der Waals surface area contributed by atoms with Gasteiger partial charge in [-0.2, -0.15) is 0 Å².